The van der Waals surface area contributed by atoms with Crippen molar-refractivity contribution in [3.05, 3.63) is 22.8 Å². The van der Waals surface area contributed by atoms with Crippen LogP contribution < -0.4 is 16.0 Å². The van der Waals surface area contributed by atoms with Crippen LogP contribution in [-0.4, -0.2) is 59.6 Å². The number of piperazine rings is 1. The van der Waals surface area contributed by atoms with E-state index in [4.69, 9.17) is 5.73 Å². The molecule has 2 rings (SSSR count). The number of rotatable bonds is 5. The maximum absolute atomic E-state index is 11.2. The van der Waals surface area contributed by atoms with Crippen molar-refractivity contribution in [1.29, 1.82) is 0 Å². The molecule has 0 aliphatic carbocycles. The number of nitrogens with one attached hydrogen (secondary N) is 1. The lowest BCUT2D eigenvalue weighted by molar-refractivity contribution is -0.383. The first-order chi connectivity index (χ1) is 10.0. The molecule has 1 saturated heterocycles. The molecule has 0 amide bonds. The zero-order chi connectivity index (χ0) is 15.4. The van der Waals surface area contributed by atoms with Crippen LogP contribution in [0.2, 0.25) is 0 Å². The molecule has 114 valence electrons. The number of nitrogens with zero attached hydrogens (tertiary/aromatic N) is 5. The SMILES string of the molecule is C=CCNc1nc(N)c([N+](=O)[O-])c(N2CCN(C)CC2)n1. The summed E-state index contributed by atoms with van der Waals surface area (Å²) >= 11 is 0. The van der Waals surface area contributed by atoms with Crippen molar-refractivity contribution < 1.29 is 4.92 Å². The van der Waals surface area contributed by atoms with Crippen LogP contribution >= 0.6 is 0 Å². The zero-order valence-corrected chi connectivity index (χ0v) is 11.9. The van der Waals surface area contributed by atoms with Gasteiger partial charge in [0.15, 0.2) is 0 Å². The van der Waals surface area contributed by atoms with Crippen LogP contribution in [0.1, 0.15) is 0 Å². The van der Waals surface area contributed by atoms with Gasteiger partial charge in [0.25, 0.3) is 0 Å². The molecule has 1 aromatic rings. The van der Waals surface area contributed by atoms with Gasteiger partial charge in [0, 0.05) is 32.7 Å². The Kier molecular flexibility index (Phi) is 4.53. The third-order valence-electron chi connectivity index (χ3n) is 3.28. The molecule has 1 fully saturated rings. The van der Waals surface area contributed by atoms with E-state index >= 15 is 0 Å². The summed E-state index contributed by atoms with van der Waals surface area (Å²) in [5, 5.41) is 14.2. The Hall–Kier alpha value is -2.42. The van der Waals surface area contributed by atoms with Crippen LogP contribution in [0.4, 0.5) is 23.3 Å². The van der Waals surface area contributed by atoms with E-state index in [1.165, 1.54) is 0 Å². The number of nitrogen functional groups attached to an aromatic ring is 1. The number of nitro groups is 1. The second-order valence-corrected chi connectivity index (χ2v) is 4.82. The summed E-state index contributed by atoms with van der Waals surface area (Å²) in [5.41, 5.74) is 5.50. The van der Waals surface area contributed by atoms with E-state index in [1.807, 2.05) is 11.9 Å². The van der Waals surface area contributed by atoms with Gasteiger partial charge in [-0.1, -0.05) is 6.08 Å². The number of hydrogen-bond donors (Lipinski definition) is 2. The second-order valence-electron chi connectivity index (χ2n) is 4.82. The topological polar surface area (TPSA) is 113 Å². The third-order valence-corrected chi connectivity index (χ3v) is 3.28. The highest BCUT2D eigenvalue weighted by Gasteiger charge is 2.28. The average molecular weight is 293 g/mol. The van der Waals surface area contributed by atoms with Crippen molar-refractivity contribution in [3.63, 3.8) is 0 Å². The largest absolute Gasteiger partial charge is 0.378 e. The van der Waals surface area contributed by atoms with Crippen molar-refractivity contribution in [2.75, 3.05) is 55.7 Å². The molecule has 9 nitrogen and oxygen atoms in total. The molecule has 0 radical (unpaired) electrons. The monoisotopic (exact) mass is 293 g/mol. The zero-order valence-electron chi connectivity index (χ0n) is 11.9. The minimum absolute atomic E-state index is 0.129. The van der Waals surface area contributed by atoms with Crippen LogP contribution in [0.15, 0.2) is 12.7 Å². The van der Waals surface area contributed by atoms with Gasteiger partial charge in [-0.3, -0.25) is 10.1 Å². The molecule has 0 atom stereocenters. The summed E-state index contributed by atoms with van der Waals surface area (Å²) < 4.78 is 0. The van der Waals surface area contributed by atoms with Gasteiger partial charge in [-0.2, -0.15) is 9.97 Å². The summed E-state index contributed by atoms with van der Waals surface area (Å²) in [6, 6.07) is 0. The van der Waals surface area contributed by atoms with Gasteiger partial charge in [0.1, 0.15) is 0 Å². The van der Waals surface area contributed by atoms with Crippen molar-refractivity contribution >= 4 is 23.3 Å². The van der Waals surface area contributed by atoms with E-state index in [0.717, 1.165) is 13.1 Å². The van der Waals surface area contributed by atoms with E-state index in [1.54, 1.807) is 6.08 Å². The standard InChI is InChI=1S/C12H19N7O2/c1-3-4-14-12-15-10(13)9(19(20)21)11(16-12)18-7-5-17(2)6-8-18/h3H,1,4-8H2,2H3,(H3,13,14,15,16). The Morgan fingerprint density at radius 2 is 2.10 bits per heavy atom. The molecule has 1 aliphatic rings. The Bertz CT molecular complexity index is 541. The molecule has 0 unspecified atom stereocenters. The fraction of sp³-hybridized carbons (Fsp3) is 0.500. The van der Waals surface area contributed by atoms with Gasteiger partial charge in [-0.05, 0) is 7.05 Å². The highest BCUT2D eigenvalue weighted by Crippen LogP contribution is 2.32. The first-order valence-corrected chi connectivity index (χ1v) is 6.63. The first-order valence-electron chi connectivity index (χ1n) is 6.63. The van der Waals surface area contributed by atoms with Gasteiger partial charge < -0.3 is 20.9 Å². The molecule has 1 aromatic heterocycles. The van der Waals surface area contributed by atoms with Crippen molar-refractivity contribution in [1.82, 2.24) is 14.9 Å². The molecule has 9 heteroatoms. The van der Waals surface area contributed by atoms with E-state index in [9.17, 15) is 10.1 Å². The van der Waals surface area contributed by atoms with Gasteiger partial charge in [-0.25, -0.2) is 0 Å². The summed E-state index contributed by atoms with van der Waals surface area (Å²) in [7, 11) is 2.01. The van der Waals surface area contributed by atoms with Gasteiger partial charge in [-0.15, -0.1) is 6.58 Å². The minimum Gasteiger partial charge on any atom is -0.378 e. The predicted molar refractivity (Wildman–Crippen MR) is 81.5 cm³/mol. The van der Waals surface area contributed by atoms with Crippen LogP contribution in [-0.2, 0) is 0 Å². The normalized spacial score (nSPS) is 15.8. The number of hydrogen-bond acceptors (Lipinski definition) is 8. The summed E-state index contributed by atoms with van der Waals surface area (Å²) in [6.07, 6.45) is 1.65. The van der Waals surface area contributed by atoms with Crippen molar-refractivity contribution in [3.8, 4) is 0 Å². The quantitative estimate of drug-likeness (QED) is 0.453. The summed E-state index contributed by atoms with van der Waals surface area (Å²) in [6.45, 7) is 7.00. The van der Waals surface area contributed by atoms with E-state index in [2.05, 4.69) is 26.8 Å². The van der Waals surface area contributed by atoms with Gasteiger partial charge in [0.2, 0.25) is 17.6 Å². The number of nitrogens with two attached hydrogens (primary N) is 1. The Morgan fingerprint density at radius 3 is 2.67 bits per heavy atom. The molecule has 0 saturated carbocycles. The molecular formula is C12H19N7O2. The van der Waals surface area contributed by atoms with E-state index < -0.39 is 4.92 Å². The Balaban J connectivity index is 2.37. The van der Waals surface area contributed by atoms with Crippen molar-refractivity contribution in [2.24, 2.45) is 0 Å². The lowest BCUT2D eigenvalue weighted by Crippen LogP contribution is -2.45. The Morgan fingerprint density at radius 1 is 1.43 bits per heavy atom. The number of likely N-dealkylation sites (N-methyl/N-ethyl adjacent to an activating group) is 1. The van der Waals surface area contributed by atoms with Crippen LogP contribution in [0.5, 0.6) is 0 Å². The molecule has 21 heavy (non-hydrogen) atoms. The molecule has 2 heterocycles. The van der Waals surface area contributed by atoms with E-state index in [-0.39, 0.29) is 23.3 Å². The fourth-order valence-electron chi connectivity index (χ4n) is 2.12. The highest BCUT2D eigenvalue weighted by atomic mass is 16.6. The van der Waals surface area contributed by atoms with Crippen LogP contribution in [0.3, 0.4) is 0 Å². The van der Waals surface area contributed by atoms with Gasteiger partial charge >= 0.3 is 5.69 Å². The van der Waals surface area contributed by atoms with Crippen LogP contribution in [0.25, 0.3) is 0 Å². The molecular weight excluding hydrogens is 274 g/mol. The van der Waals surface area contributed by atoms with Crippen molar-refractivity contribution in [2.45, 2.75) is 0 Å². The summed E-state index contributed by atoms with van der Waals surface area (Å²) in [4.78, 5) is 22.9. The fourth-order valence-corrected chi connectivity index (χ4v) is 2.12. The first kappa shape index (κ1) is 15.0. The predicted octanol–water partition coefficient (Wildman–Crippen LogP) is 0.317. The smallest absolute Gasteiger partial charge is 0.353 e. The number of anilines is 3. The Labute approximate surface area is 122 Å². The average Bonchev–Trinajstić information content (AvgIpc) is 2.44. The minimum atomic E-state index is -0.528. The molecule has 0 spiro atoms. The third kappa shape index (κ3) is 3.37. The molecule has 0 bridgehead atoms. The number of aromatic nitrogens is 2. The molecule has 3 N–H and O–H groups in total. The van der Waals surface area contributed by atoms with Crippen LogP contribution in [0, 0.1) is 10.1 Å². The van der Waals surface area contributed by atoms with Gasteiger partial charge in [0.05, 0.1) is 4.92 Å². The highest BCUT2D eigenvalue weighted by molar-refractivity contribution is 5.71. The second kappa shape index (κ2) is 6.35. The lowest BCUT2D eigenvalue weighted by atomic mass is 10.3. The van der Waals surface area contributed by atoms with E-state index in [0.29, 0.717) is 19.6 Å². The molecule has 0 aromatic carbocycles. The maximum atomic E-state index is 11.2. The summed E-state index contributed by atoms with van der Waals surface area (Å²) in [5.74, 6) is 0.412. The maximum Gasteiger partial charge on any atom is 0.353 e. The molecule has 1 aliphatic heterocycles. The lowest BCUT2D eigenvalue weighted by Gasteiger charge is -2.32.